The highest BCUT2D eigenvalue weighted by atomic mass is 32.2. The normalized spacial score (nSPS) is 12.9. The Bertz CT molecular complexity index is 665. The fourth-order valence-electron chi connectivity index (χ4n) is 1.54. The fraction of sp³-hybridized carbons (Fsp3) is 0.333. The zero-order valence-corrected chi connectivity index (χ0v) is 11.6. The molecule has 1 aromatic rings. The van der Waals surface area contributed by atoms with Crippen LogP contribution in [0.25, 0.3) is 0 Å². The van der Waals surface area contributed by atoms with Crippen molar-refractivity contribution >= 4 is 16.0 Å². The van der Waals surface area contributed by atoms with Gasteiger partial charge in [0, 0.05) is 0 Å². The van der Waals surface area contributed by atoms with E-state index in [4.69, 9.17) is 10.4 Å². The van der Waals surface area contributed by atoms with E-state index in [1.165, 1.54) is 19.9 Å². The molecule has 1 atom stereocenters. The lowest BCUT2D eigenvalue weighted by Gasteiger charge is -2.18. The second-order valence-corrected chi connectivity index (χ2v) is 6.09. The number of nitrogens with one attached hydrogen (secondary N) is 1. The third-order valence-electron chi connectivity index (χ3n) is 2.59. The minimum absolute atomic E-state index is 0.513. The quantitative estimate of drug-likeness (QED) is 0.846. The molecular formula is C12H13FN2O4S. The van der Waals surface area contributed by atoms with Crippen molar-refractivity contribution in [2.24, 2.45) is 5.92 Å². The van der Waals surface area contributed by atoms with Gasteiger partial charge >= 0.3 is 5.97 Å². The number of halogens is 1. The van der Waals surface area contributed by atoms with Gasteiger partial charge in [0.15, 0.2) is 0 Å². The van der Waals surface area contributed by atoms with Crippen molar-refractivity contribution < 1.29 is 22.7 Å². The van der Waals surface area contributed by atoms with Gasteiger partial charge in [0.05, 0.1) is 0 Å². The molecule has 0 amide bonds. The number of carboxylic acid groups (broad SMARTS) is 1. The monoisotopic (exact) mass is 300 g/mol. The van der Waals surface area contributed by atoms with Crippen molar-refractivity contribution in [2.45, 2.75) is 24.8 Å². The fourth-order valence-corrected chi connectivity index (χ4v) is 3.04. The maximum absolute atomic E-state index is 13.4. The summed E-state index contributed by atoms with van der Waals surface area (Å²) in [7, 11) is -4.31. The molecule has 0 heterocycles. The van der Waals surface area contributed by atoms with E-state index in [1.54, 1.807) is 0 Å². The van der Waals surface area contributed by atoms with Crippen LogP contribution in [0.2, 0.25) is 0 Å². The summed E-state index contributed by atoms with van der Waals surface area (Å²) in [5, 5.41) is 17.8. The van der Waals surface area contributed by atoms with Gasteiger partial charge in [-0.05, 0) is 18.1 Å². The highest BCUT2D eigenvalue weighted by Crippen LogP contribution is 2.19. The van der Waals surface area contributed by atoms with Gasteiger partial charge in [0.25, 0.3) is 0 Å². The first-order chi connectivity index (χ1) is 9.20. The SMILES string of the molecule is CC(C)[C@H](NS(=O)(=O)c1cccc(F)c1C#N)C(=O)O. The summed E-state index contributed by atoms with van der Waals surface area (Å²) in [6.07, 6.45) is 0. The molecule has 0 aliphatic rings. The number of hydrogen-bond donors (Lipinski definition) is 2. The Balaban J connectivity index is 3.29. The van der Waals surface area contributed by atoms with Gasteiger partial charge in [-0.1, -0.05) is 19.9 Å². The average molecular weight is 300 g/mol. The van der Waals surface area contributed by atoms with Gasteiger partial charge in [0.1, 0.15) is 28.4 Å². The van der Waals surface area contributed by atoms with E-state index in [0.717, 1.165) is 18.2 Å². The predicted octanol–water partition coefficient (Wildman–Crippen LogP) is 1.08. The van der Waals surface area contributed by atoms with E-state index in [9.17, 15) is 17.6 Å². The van der Waals surface area contributed by atoms with Crippen LogP contribution in [-0.4, -0.2) is 25.5 Å². The minimum atomic E-state index is -4.31. The lowest BCUT2D eigenvalue weighted by molar-refractivity contribution is -0.140. The molecule has 2 N–H and O–H groups in total. The Labute approximate surface area is 115 Å². The second kappa shape index (κ2) is 5.98. The summed E-state index contributed by atoms with van der Waals surface area (Å²) in [5.41, 5.74) is -0.645. The summed E-state index contributed by atoms with van der Waals surface area (Å²) in [4.78, 5) is 10.4. The van der Waals surface area contributed by atoms with Crippen molar-refractivity contribution in [3.8, 4) is 6.07 Å². The van der Waals surface area contributed by atoms with E-state index in [-0.39, 0.29) is 0 Å². The molecule has 0 bridgehead atoms. The molecule has 1 rings (SSSR count). The van der Waals surface area contributed by atoms with E-state index >= 15 is 0 Å². The lowest BCUT2D eigenvalue weighted by atomic mass is 10.1. The summed E-state index contributed by atoms with van der Waals surface area (Å²) >= 11 is 0. The zero-order valence-electron chi connectivity index (χ0n) is 10.8. The highest BCUT2D eigenvalue weighted by molar-refractivity contribution is 7.89. The molecule has 1 aromatic carbocycles. The first-order valence-electron chi connectivity index (χ1n) is 5.64. The molecule has 6 nitrogen and oxygen atoms in total. The molecule has 0 fully saturated rings. The number of nitrogens with zero attached hydrogens (tertiary/aromatic N) is 1. The molecule has 0 saturated heterocycles. The molecule has 0 radical (unpaired) electrons. The second-order valence-electron chi connectivity index (χ2n) is 4.41. The van der Waals surface area contributed by atoms with Gasteiger partial charge in [0.2, 0.25) is 10.0 Å². The van der Waals surface area contributed by atoms with Crippen molar-refractivity contribution in [3.05, 3.63) is 29.6 Å². The minimum Gasteiger partial charge on any atom is -0.480 e. The van der Waals surface area contributed by atoms with Crippen molar-refractivity contribution in [1.29, 1.82) is 5.26 Å². The third kappa shape index (κ3) is 3.31. The van der Waals surface area contributed by atoms with Crippen LogP contribution in [0.4, 0.5) is 4.39 Å². The molecular weight excluding hydrogens is 287 g/mol. The first-order valence-corrected chi connectivity index (χ1v) is 7.12. The van der Waals surface area contributed by atoms with Gasteiger partial charge in [-0.2, -0.15) is 9.98 Å². The topological polar surface area (TPSA) is 107 Å². The van der Waals surface area contributed by atoms with Crippen LogP contribution in [0.3, 0.4) is 0 Å². The van der Waals surface area contributed by atoms with E-state index in [1.807, 2.05) is 4.72 Å². The van der Waals surface area contributed by atoms with Crippen LogP contribution >= 0.6 is 0 Å². The highest BCUT2D eigenvalue weighted by Gasteiger charge is 2.30. The van der Waals surface area contributed by atoms with E-state index in [2.05, 4.69) is 0 Å². The van der Waals surface area contributed by atoms with Crippen LogP contribution < -0.4 is 4.72 Å². The van der Waals surface area contributed by atoms with Crippen molar-refractivity contribution in [3.63, 3.8) is 0 Å². The van der Waals surface area contributed by atoms with E-state index < -0.39 is 44.2 Å². The number of carboxylic acids is 1. The van der Waals surface area contributed by atoms with Crippen LogP contribution in [0, 0.1) is 23.1 Å². The molecule has 0 aliphatic heterocycles. The Hall–Kier alpha value is -1.98. The predicted molar refractivity (Wildman–Crippen MR) is 67.7 cm³/mol. The molecule has 108 valence electrons. The van der Waals surface area contributed by atoms with Crippen LogP contribution in [0.1, 0.15) is 19.4 Å². The van der Waals surface area contributed by atoms with E-state index in [0.29, 0.717) is 0 Å². The third-order valence-corrected chi connectivity index (χ3v) is 4.08. The zero-order chi connectivity index (χ0) is 15.5. The molecule has 0 spiro atoms. The summed E-state index contributed by atoms with van der Waals surface area (Å²) in [6, 6.07) is 3.23. The number of rotatable bonds is 5. The maximum Gasteiger partial charge on any atom is 0.322 e. The number of nitriles is 1. The molecule has 8 heteroatoms. The molecule has 0 aliphatic carbocycles. The van der Waals surface area contributed by atoms with Crippen LogP contribution in [-0.2, 0) is 14.8 Å². The first kappa shape index (κ1) is 16.1. The summed E-state index contributed by atoms with van der Waals surface area (Å²) in [6.45, 7) is 3.05. The van der Waals surface area contributed by atoms with Crippen LogP contribution in [0.15, 0.2) is 23.1 Å². The molecule has 0 saturated carbocycles. The van der Waals surface area contributed by atoms with Crippen molar-refractivity contribution in [2.75, 3.05) is 0 Å². The maximum atomic E-state index is 13.4. The number of aliphatic carboxylic acids is 1. The van der Waals surface area contributed by atoms with Gasteiger partial charge in [-0.15, -0.1) is 0 Å². The smallest absolute Gasteiger partial charge is 0.322 e. The Morgan fingerprint density at radius 2 is 2.05 bits per heavy atom. The number of benzene rings is 1. The average Bonchev–Trinajstić information content (AvgIpc) is 2.35. The Morgan fingerprint density at radius 3 is 2.50 bits per heavy atom. The van der Waals surface area contributed by atoms with Gasteiger partial charge in [-0.3, -0.25) is 4.79 Å². The Kier molecular flexibility index (Phi) is 4.81. The standard InChI is InChI=1S/C12H13FN2O4S/c1-7(2)11(12(16)17)15-20(18,19)10-5-3-4-9(13)8(10)6-14/h3-5,7,11,15H,1-2H3,(H,16,17)/t11-/m0/s1. The summed E-state index contributed by atoms with van der Waals surface area (Å²) < 4.78 is 39.6. The number of hydrogen-bond acceptors (Lipinski definition) is 4. The Morgan fingerprint density at radius 1 is 1.45 bits per heavy atom. The molecule has 0 aromatic heterocycles. The van der Waals surface area contributed by atoms with Crippen molar-refractivity contribution in [1.82, 2.24) is 4.72 Å². The molecule has 20 heavy (non-hydrogen) atoms. The van der Waals surface area contributed by atoms with Gasteiger partial charge in [-0.25, -0.2) is 12.8 Å². The summed E-state index contributed by atoms with van der Waals surface area (Å²) in [5.74, 6) is -2.84. The van der Waals surface area contributed by atoms with Gasteiger partial charge < -0.3 is 5.11 Å². The molecule has 0 unspecified atom stereocenters. The lowest BCUT2D eigenvalue weighted by Crippen LogP contribution is -2.44. The largest absolute Gasteiger partial charge is 0.480 e. The number of carbonyl (C=O) groups is 1. The van der Waals surface area contributed by atoms with Crippen LogP contribution in [0.5, 0.6) is 0 Å². The number of sulfonamides is 1.